The van der Waals surface area contributed by atoms with Crippen molar-refractivity contribution in [2.45, 2.75) is 64.6 Å². The van der Waals surface area contributed by atoms with Crippen molar-refractivity contribution in [1.82, 2.24) is 19.6 Å². The van der Waals surface area contributed by atoms with Gasteiger partial charge in [0, 0.05) is 56.7 Å². The van der Waals surface area contributed by atoms with Crippen LogP contribution in [0.1, 0.15) is 46.0 Å². The summed E-state index contributed by atoms with van der Waals surface area (Å²) in [5.41, 5.74) is 1.24. The number of nitrogens with zero attached hydrogens (tertiary/aromatic N) is 4. The first-order valence-electron chi connectivity index (χ1n) is 12.0. The Morgan fingerprint density at radius 2 is 1.77 bits per heavy atom. The Morgan fingerprint density at radius 3 is 2.57 bits per heavy atom. The van der Waals surface area contributed by atoms with Crippen molar-refractivity contribution in [3.8, 4) is 0 Å². The molecule has 1 N–H and O–H groups in total. The predicted octanol–water partition coefficient (Wildman–Crippen LogP) is 3.82. The number of likely N-dealkylation sites (tertiary alicyclic amines) is 1. The van der Waals surface area contributed by atoms with Crippen LogP contribution in [0.5, 0.6) is 0 Å². The molecule has 2 unspecified atom stereocenters. The number of benzene rings is 1. The zero-order valence-electron chi connectivity index (χ0n) is 18.9. The van der Waals surface area contributed by atoms with Crippen molar-refractivity contribution in [2.75, 3.05) is 51.3 Å². The average Bonchev–Trinajstić information content (AvgIpc) is 3.11. The molecule has 2 aliphatic heterocycles. The molecule has 0 radical (unpaired) electrons. The fourth-order valence-electron chi connectivity index (χ4n) is 5.08. The Balaban J connectivity index is 1.30. The second-order valence-electron chi connectivity index (χ2n) is 9.04. The quantitative estimate of drug-likeness (QED) is 0.633. The van der Waals surface area contributed by atoms with E-state index in [0.717, 1.165) is 76.7 Å². The molecule has 6 nitrogen and oxygen atoms in total. The van der Waals surface area contributed by atoms with Gasteiger partial charge in [0.1, 0.15) is 0 Å². The van der Waals surface area contributed by atoms with E-state index in [-0.39, 0.29) is 0 Å². The van der Waals surface area contributed by atoms with Crippen LogP contribution in [0.3, 0.4) is 0 Å². The SMILES string of the molecule is CC1CCCC(C)N1CCCNc1nn(CCCN2CCOCC2)c2ccccc12. The number of aryl methyl sites for hydroxylation is 1. The number of aromatic nitrogens is 2. The van der Waals surface area contributed by atoms with E-state index in [1.54, 1.807) is 0 Å². The van der Waals surface area contributed by atoms with Crippen LogP contribution < -0.4 is 5.32 Å². The molecular weight excluding hydrogens is 374 g/mol. The highest BCUT2D eigenvalue weighted by Gasteiger charge is 2.23. The number of morpholine rings is 1. The summed E-state index contributed by atoms with van der Waals surface area (Å²) < 4.78 is 7.64. The number of nitrogens with one attached hydrogen (secondary N) is 1. The topological polar surface area (TPSA) is 45.6 Å². The fraction of sp³-hybridized carbons (Fsp3) is 0.708. The molecule has 1 aromatic carbocycles. The molecule has 0 aliphatic carbocycles. The summed E-state index contributed by atoms with van der Waals surface area (Å²) in [4.78, 5) is 5.18. The summed E-state index contributed by atoms with van der Waals surface area (Å²) in [6.07, 6.45) is 6.35. The molecule has 2 atom stereocenters. The Hall–Kier alpha value is -1.63. The van der Waals surface area contributed by atoms with Gasteiger partial charge < -0.3 is 10.1 Å². The van der Waals surface area contributed by atoms with Crippen LogP contribution in [0, 0.1) is 0 Å². The van der Waals surface area contributed by atoms with Gasteiger partial charge in [0.05, 0.1) is 18.7 Å². The number of ether oxygens (including phenoxy) is 1. The van der Waals surface area contributed by atoms with E-state index in [2.05, 4.69) is 57.9 Å². The number of piperidine rings is 1. The standard InChI is InChI=1S/C24H39N5O/c1-20-8-5-9-21(2)28(20)14-6-12-25-24-22-10-3-4-11-23(22)29(26-24)15-7-13-27-16-18-30-19-17-27/h3-4,10-11,20-21H,5-9,12-19H2,1-2H3,(H,25,26). The van der Waals surface area contributed by atoms with Crippen molar-refractivity contribution < 1.29 is 4.74 Å². The van der Waals surface area contributed by atoms with E-state index in [1.807, 2.05) is 0 Å². The van der Waals surface area contributed by atoms with E-state index in [0.29, 0.717) is 0 Å². The highest BCUT2D eigenvalue weighted by atomic mass is 16.5. The van der Waals surface area contributed by atoms with Crippen molar-refractivity contribution in [3.05, 3.63) is 24.3 Å². The van der Waals surface area contributed by atoms with Crippen molar-refractivity contribution in [3.63, 3.8) is 0 Å². The third-order valence-electron chi connectivity index (χ3n) is 6.87. The molecule has 1 aromatic heterocycles. The minimum absolute atomic E-state index is 0.722. The monoisotopic (exact) mass is 413 g/mol. The van der Waals surface area contributed by atoms with Gasteiger partial charge in [0.2, 0.25) is 0 Å². The van der Waals surface area contributed by atoms with Gasteiger partial charge in [-0.15, -0.1) is 0 Å². The second-order valence-corrected chi connectivity index (χ2v) is 9.04. The predicted molar refractivity (Wildman–Crippen MR) is 124 cm³/mol. The first-order valence-corrected chi connectivity index (χ1v) is 12.0. The lowest BCUT2D eigenvalue weighted by Gasteiger charge is -2.39. The summed E-state index contributed by atoms with van der Waals surface area (Å²) in [6, 6.07) is 10.1. The summed E-state index contributed by atoms with van der Waals surface area (Å²) in [5, 5.41) is 9.81. The molecule has 0 spiro atoms. The van der Waals surface area contributed by atoms with E-state index in [1.165, 1.54) is 36.7 Å². The van der Waals surface area contributed by atoms with Gasteiger partial charge >= 0.3 is 0 Å². The molecule has 4 rings (SSSR count). The van der Waals surface area contributed by atoms with E-state index >= 15 is 0 Å². The highest BCUT2D eigenvalue weighted by molar-refractivity contribution is 5.90. The highest BCUT2D eigenvalue weighted by Crippen LogP contribution is 2.24. The molecule has 2 aromatic rings. The number of anilines is 1. The first kappa shape index (κ1) is 21.6. The minimum atomic E-state index is 0.722. The third kappa shape index (κ3) is 5.34. The van der Waals surface area contributed by atoms with Crippen LogP contribution in [0.4, 0.5) is 5.82 Å². The molecule has 3 heterocycles. The van der Waals surface area contributed by atoms with Gasteiger partial charge in [-0.25, -0.2) is 0 Å². The number of hydrogen-bond donors (Lipinski definition) is 1. The van der Waals surface area contributed by atoms with Gasteiger partial charge in [-0.05, 0) is 51.7 Å². The molecule has 2 fully saturated rings. The number of fused-ring (bicyclic) bond motifs is 1. The second kappa shape index (κ2) is 10.6. The van der Waals surface area contributed by atoms with Crippen LogP contribution in [0.15, 0.2) is 24.3 Å². The average molecular weight is 414 g/mol. The van der Waals surface area contributed by atoms with Crippen molar-refractivity contribution in [2.24, 2.45) is 0 Å². The van der Waals surface area contributed by atoms with Crippen LogP contribution >= 0.6 is 0 Å². The van der Waals surface area contributed by atoms with Gasteiger partial charge in [0.15, 0.2) is 5.82 Å². The van der Waals surface area contributed by atoms with Gasteiger partial charge in [-0.1, -0.05) is 18.6 Å². The van der Waals surface area contributed by atoms with Crippen molar-refractivity contribution >= 4 is 16.7 Å². The van der Waals surface area contributed by atoms with Crippen LogP contribution in [0.2, 0.25) is 0 Å². The Morgan fingerprint density at radius 1 is 1.00 bits per heavy atom. The van der Waals surface area contributed by atoms with Gasteiger partial charge in [-0.2, -0.15) is 5.10 Å². The third-order valence-corrected chi connectivity index (χ3v) is 6.87. The van der Waals surface area contributed by atoms with Crippen LogP contribution in [-0.4, -0.2) is 77.6 Å². The lowest BCUT2D eigenvalue weighted by molar-refractivity contribution is 0.0368. The zero-order valence-corrected chi connectivity index (χ0v) is 18.9. The molecule has 0 amide bonds. The number of hydrogen-bond acceptors (Lipinski definition) is 5. The maximum Gasteiger partial charge on any atom is 0.155 e. The summed E-state index contributed by atoms with van der Waals surface area (Å²) in [6.45, 7) is 12.8. The number of rotatable bonds is 9. The van der Waals surface area contributed by atoms with Crippen LogP contribution in [0.25, 0.3) is 10.9 Å². The summed E-state index contributed by atoms with van der Waals surface area (Å²) in [7, 11) is 0. The molecule has 0 saturated carbocycles. The fourth-order valence-corrected chi connectivity index (χ4v) is 5.08. The Bertz CT molecular complexity index is 775. The molecule has 2 saturated heterocycles. The molecule has 30 heavy (non-hydrogen) atoms. The van der Waals surface area contributed by atoms with E-state index in [9.17, 15) is 0 Å². The zero-order chi connectivity index (χ0) is 20.8. The smallest absolute Gasteiger partial charge is 0.155 e. The normalized spacial score (nSPS) is 23.8. The van der Waals surface area contributed by atoms with E-state index in [4.69, 9.17) is 9.84 Å². The number of para-hydroxylation sites is 1. The summed E-state index contributed by atoms with van der Waals surface area (Å²) >= 11 is 0. The molecular formula is C24H39N5O. The molecule has 6 heteroatoms. The van der Waals surface area contributed by atoms with Crippen molar-refractivity contribution in [1.29, 1.82) is 0 Å². The largest absolute Gasteiger partial charge is 0.379 e. The lowest BCUT2D eigenvalue weighted by Crippen LogP contribution is -2.44. The maximum atomic E-state index is 5.45. The Labute approximate surface area is 181 Å². The molecule has 0 bridgehead atoms. The minimum Gasteiger partial charge on any atom is -0.379 e. The van der Waals surface area contributed by atoms with E-state index < -0.39 is 0 Å². The maximum absolute atomic E-state index is 5.45. The summed E-state index contributed by atoms with van der Waals surface area (Å²) in [5.74, 6) is 1.04. The Kier molecular flexibility index (Phi) is 7.63. The molecule has 166 valence electrons. The van der Waals surface area contributed by atoms with Crippen LogP contribution in [-0.2, 0) is 11.3 Å². The molecule has 2 aliphatic rings. The lowest BCUT2D eigenvalue weighted by atomic mass is 9.97. The first-order chi connectivity index (χ1) is 14.7. The van der Waals surface area contributed by atoms with Gasteiger partial charge in [0.25, 0.3) is 0 Å². The van der Waals surface area contributed by atoms with Gasteiger partial charge in [-0.3, -0.25) is 14.5 Å².